The third-order valence-electron chi connectivity index (χ3n) is 1.68. The van der Waals surface area contributed by atoms with Gasteiger partial charge >= 0.3 is 0 Å². The van der Waals surface area contributed by atoms with Gasteiger partial charge in [-0.05, 0) is 25.7 Å². The summed E-state index contributed by atoms with van der Waals surface area (Å²) in [7, 11) is 0. The van der Waals surface area contributed by atoms with Gasteiger partial charge in [-0.25, -0.2) is 0 Å². The monoisotopic (exact) mass is 152 g/mol. The van der Waals surface area contributed by atoms with Gasteiger partial charge in [0.1, 0.15) is 0 Å². The maximum atomic E-state index is 3.67. The molecule has 0 nitrogen and oxygen atoms in total. The third-order valence-corrected chi connectivity index (χ3v) is 1.68. The van der Waals surface area contributed by atoms with Crippen molar-refractivity contribution in [3.8, 4) is 0 Å². The van der Waals surface area contributed by atoms with E-state index in [2.05, 4.69) is 25.7 Å². The highest BCUT2D eigenvalue weighted by atomic mass is 13.9. The van der Waals surface area contributed by atoms with Crippen LogP contribution in [0.2, 0.25) is 0 Å². The Balaban J connectivity index is 2.97. The summed E-state index contributed by atoms with van der Waals surface area (Å²) in [6.07, 6.45) is 14.1. The van der Waals surface area contributed by atoms with Gasteiger partial charge in [0.25, 0.3) is 0 Å². The van der Waals surface area contributed by atoms with Crippen molar-refractivity contribution in [1.82, 2.24) is 0 Å². The van der Waals surface area contributed by atoms with Crippen LogP contribution in [-0.2, 0) is 0 Å². The van der Waals surface area contributed by atoms with Crippen LogP contribution in [-0.4, -0.2) is 0 Å². The van der Waals surface area contributed by atoms with E-state index in [1.807, 2.05) is 6.08 Å². The zero-order valence-corrected chi connectivity index (χ0v) is 7.68. The van der Waals surface area contributed by atoms with Gasteiger partial charge in [0.15, 0.2) is 0 Å². The lowest BCUT2D eigenvalue weighted by Gasteiger charge is -1.91. The first kappa shape index (κ1) is 10.5. The van der Waals surface area contributed by atoms with E-state index in [4.69, 9.17) is 0 Å². The van der Waals surface area contributed by atoms with E-state index in [0.717, 1.165) is 12.8 Å². The van der Waals surface area contributed by atoms with Gasteiger partial charge < -0.3 is 0 Å². The fourth-order valence-electron chi connectivity index (χ4n) is 0.962. The van der Waals surface area contributed by atoms with Crippen molar-refractivity contribution in [2.45, 2.75) is 45.4 Å². The molecule has 0 rings (SSSR count). The van der Waals surface area contributed by atoms with Crippen LogP contribution in [0.25, 0.3) is 0 Å². The average Bonchev–Trinajstić information content (AvgIpc) is 2.03. The molecule has 0 aliphatic carbocycles. The summed E-state index contributed by atoms with van der Waals surface area (Å²) in [5, 5.41) is 0. The summed E-state index contributed by atoms with van der Waals surface area (Å²) < 4.78 is 0. The first-order valence-electron chi connectivity index (χ1n) is 4.67. The maximum absolute atomic E-state index is 3.67. The van der Waals surface area contributed by atoms with Crippen LogP contribution in [0, 0.1) is 0 Å². The zero-order chi connectivity index (χ0) is 8.36. The molecule has 0 heteroatoms. The Morgan fingerprint density at radius 2 is 1.73 bits per heavy atom. The van der Waals surface area contributed by atoms with Crippen LogP contribution in [0.15, 0.2) is 24.8 Å². The second-order valence-electron chi connectivity index (χ2n) is 2.83. The van der Waals surface area contributed by atoms with Crippen molar-refractivity contribution >= 4 is 0 Å². The summed E-state index contributed by atoms with van der Waals surface area (Å²) in [6, 6.07) is 0. The van der Waals surface area contributed by atoms with Gasteiger partial charge in [-0.15, -0.1) is 6.58 Å². The highest BCUT2D eigenvalue weighted by Crippen LogP contribution is 2.00. The van der Waals surface area contributed by atoms with Crippen molar-refractivity contribution in [2.75, 3.05) is 0 Å². The normalized spacial score (nSPS) is 10.6. The molecule has 0 fully saturated rings. The highest BCUT2D eigenvalue weighted by molar-refractivity contribution is 4.84. The quantitative estimate of drug-likeness (QED) is 0.381. The van der Waals surface area contributed by atoms with Crippen LogP contribution < -0.4 is 0 Å². The lowest BCUT2D eigenvalue weighted by molar-refractivity contribution is 0.728. The molecule has 0 unspecified atom stereocenters. The van der Waals surface area contributed by atoms with E-state index in [9.17, 15) is 0 Å². The Kier molecular flexibility index (Phi) is 9.03. The molecule has 64 valence electrons. The first-order chi connectivity index (χ1) is 5.41. The van der Waals surface area contributed by atoms with Crippen LogP contribution in [0.3, 0.4) is 0 Å². The zero-order valence-electron chi connectivity index (χ0n) is 7.68. The first-order valence-corrected chi connectivity index (χ1v) is 4.67. The third kappa shape index (κ3) is 9.48. The van der Waals surface area contributed by atoms with Gasteiger partial charge in [-0.1, -0.05) is 38.0 Å². The van der Waals surface area contributed by atoms with E-state index >= 15 is 0 Å². The minimum absolute atomic E-state index is 1.12. The molecule has 11 heavy (non-hydrogen) atoms. The molecule has 0 spiro atoms. The average molecular weight is 152 g/mol. The standard InChI is InChI=1S/C11H20/c1-3-5-7-9-11-10-8-6-4-2/h3,9,11H,1,4-8,10H2,2H3. The molecule has 0 aromatic heterocycles. The molecular formula is C11H20. The molecule has 0 amide bonds. The molecule has 0 aliphatic heterocycles. The van der Waals surface area contributed by atoms with Crippen molar-refractivity contribution in [3.63, 3.8) is 0 Å². The highest BCUT2D eigenvalue weighted by Gasteiger charge is 1.80. The molecule has 0 atom stereocenters. The minimum atomic E-state index is 1.12. The Morgan fingerprint density at radius 3 is 2.36 bits per heavy atom. The molecule has 0 aliphatic rings. The fraction of sp³-hybridized carbons (Fsp3) is 0.636. The number of hydrogen-bond acceptors (Lipinski definition) is 0. The Bertz CT molecular complexity index is 101. The molecule has 0 N–H and O–H groups in total. The van der Waals surface area contributed by atoms with Gasteiger partial charge in [-0.2, -0.15) is 0 Å². The summed E-state index contributed by atoms with van der Waals surface area (Å²) in [5.41, 5.74) is 0. The Morgan fingerprint density at radius 1 is 1.00 bits per heavy atom. The Labute approximate surface area is 71.0 Å². The summed E-state index contributed by atoms with van der Waals surface area (Å²) in [5.74, 6) is 0. The maximum Gasteiger partial charge on any atom is -0.0316 e. The molecule has 0 saturated carbocycles. The number of rotatable bonds is 7. The van der Waals surface area contributed by atoms with Crippen molar-refractivity contribution < 1.29 is 0 Å². The van der Waals surface area contributed by atoms with Gasteiger partial charge in [0, 0.05) is 0 Å². The lowest BCUT2D eigenvalue weighted by atomic mass is 10.2. The van der Waals surface area contributed by atoms with E-state index in [-0.39, 0.29) is 0 Å². The summed E-state index contributed by atoms with van der Waals surface area (Å²) in [4.78, 5) is 0. The predicted octanol–water partition coefficient (Wildman–Crippen LogP) is 4.09. The minimum Gasteiger partial charge on any atom is -0.103 e. The van der Waals surface area contributed by atoms with Gasteiger partial charge in [0.05, 0.1) is 0 Å². The van der Waals surface area contributed by atoms with Crippen LogP contribution in [0.4, 0.5) is 0 Å². The molecule has 0 saturated heterocycles. The van der Waals surface area contributed by atoms with Crippen LogP contribution in [0.1, 0.15) is 45.4 Å². The summed E-state index contributed by atoms with van der Waals surface area (Å²) in [6.45, 7) is 5.91. The lowest BCUT2D eigenvalue weighted by Crippen LogP contribution is -1.70. The molecular weight excluding hydrogens is 132 g/mol. The second kappa shape index (κ2) is 9.48. The van der Waals surface area contributed by atoms with Crippen molar-refractivity contribution in [3.05, 3.63) is 24.8 Å². The number of allylic oxidation sites excluding steroid dienone is 3. The second-order valence-corrected chi connectivity index (χ2v) is 2.83. The molecule has 0 aromatic carbocycles. The van der Waals surface area contributed by atoms with Crippen molar-refractivity contribution in [1.29, 1.82) is 0 Å². The molecule has 0 radical (unpaired) electrons. The fourth-order valence-corrected chi connectivity index (χ4v) is 0.962. The van der Waals surface area contributed by atoms with Gasteiger partial charge in [0.2, 0.25) is 0 Å². The van der Waals surface area contributed by atoms with E-state index in [0.29, 0.717) is 0 Å². The number of unbranched alkanes of at least 4 members (excludes halogenated alkanes) is 4. The van der Waals surface area contributed by atoms with Gasteiger partial charge in [-0.3, -0.25) is 0 Å². The van der Waals surface area contributed by atoms with Crippen molar-refractivity contribution in [2.24, 2.45) is 0 Å². The predicted molar refractivity (Wildman–Crippen MR) is 52.7 cm³/mol. The topological polar surface area (TPSA) is 0 Å². The largest absolute Gasteiger partial charge is 0.103 e. The van der Waals surface area contributed by atoms with E-state index < -0.39 is 0 Å². The Hall–Kier alpha value is -0.520. The SMILES string of the molecule is C=CCCC=CCCCCC. The molecule has 0 bridgehead atoms. The van der Waals surface area contributed by atoms with Crippen LogP contribution in [0.5, 0.6) is 0 Å². The van der Waals surface area contributed by atoms with E-state index in [1.165, 1.54) is 25.7 Å². The molecule has 0 heterocycles. The van der Waals surface area contributed by atoms with E-state index in [1.54, 1.807) is 0 Å². The summed E-state index contributed by atoms with van der Waals surface area (Å²) >= 11 is 0. The smallest absolute Gasteiger partial charge is 0.0316 e. The molecule has 0 aromatic rings. The number of hydrogen-bond donors (Lipinski definition) is 0. The van der Waals surface area contributed by atoms with Crippen LogP contribution >= 0.6 is 0 Å².